The highest BCUT2D eigenvalue weighted by Crippen LogP contribution is 2.60. The Bertz CT molecular complexity index is 452. The van der Waals surface area contributed by atoms with Gasteiger partial charge in [-0.1, -0.05) is 0 Å². The SMILES string of the molecule is CCOC(=O)NC(=O)COC(=O)C12CC3CC(CC(C3)C1)C2. The standard InChI is InChI=1S/C16H23NO5/c1-2-21-15(20)17-13(18)9-22-14(19)16-6-10-3-11(7-16)5-12(4-10)8-16/h10-12H,2-9H2,1H3,(H,17,18,20). The van der Waals surface area contributed by atoms with Gasteiger partial charge in [-0.15, -0.1) is 0 Å². The van der Waals surface area contributed by atoms with Crippen molar-refractivity contribution in [2.75, 3.05) is 13.2 Å². The van der Waals surface area contributed by atoms with E-state index in [0.717, 1.165) is 19.3 Å². The topological polar surface area (TPSA) is 81.7 Å². The molecule has 4 saturated carbocycles. The molecule has 1 N–H and O–H groups in total. The van der Waals surface area contributed by atoms with Crippen LogP contribution in [-0.4, -0.2) is 31.2 Å². The number of esters is 1. The van der Waals surface area contributed by atoms with E-state index in [0.29, 0.717) is 17.8 Å². The summed E-state index contributed by atoms with van der Waals surface area (Å²) < 4.78 is 9.82. The largest absolute Gasteiger partial charge is 0.455 e. The first kappa shape index (κ1) is 15.3. The molecule has 0 unspecified atom stereocenters. The van der Waals surface area contributed by atoms with Gasteiger partial charge in [0, 0.05) is 0 Å². The van der Waals surface area contributed by atoms with Crippen LogP contribution in [0.4, 0.5) is 4.79 Å². The predicted molar refractivity (Wildman–Crippen MR) is 76.7 cm³/mol. The van der Waals surface area contributed by atoms with Crippen LogP contribution >= 0.6 is 0 Å². The molecule has 2 amide bonds. The number of nitrogens with one attached hydrogen (secondary N) is 1. The van der Waals surface area contributed by atoms with E-state index in [9.17, 15) is 14.4 Å². The van der Waals surface area contributed by atoms with Crippen LogP contribution in [0.3, 0.4) is 0 Å². The summed E-state index contributed by atoms with van der Waals surface area (Å²) in [6, 6.07) is 0. The third kappa shape index (κ3) is 2.96. The van der Waals surface area contributed by atoms with E-state index in [2.05, 4.69) is 4.74 Å². The maximum Gasteiger partial charge on any atom is 0.413 e. The Kier molecular flexibility index (Phi) is 4.10. The zero-order valence-electron chi connectivity index (χ0n) is 12.9. The van der Waals surface area contributed by atoms with Crippen LogP contribution in [0.2, 0.25) is 0 Å². The van der Waals surface area contributed by atoms with Crippen molar-refractivity contribution < 1.29 is 23.9 Å². The number of hydrogen-bond acceptors (Lipinski definition) is 5. The van der Waals surface area contributed by atoms with Crippen molar-refractivity contribution in [1.29, 1.82) is 0 Å². The number of alkyl carbamates (subject to hydrolysis) is 1. The number of ether oxygens (including phenoxy) is 2. The number of rotatable bonds is 4. The highest BCUT2D eigenvalue weighted by Gasteiger charge is 2.55. The van der Waals surface area contributed by atoms with Gasteiger partial charge < -0.3 is 9.47 Å². The molecule has 0 spiro atoms. The summed E-state index contributed by atoms with van der Waals surface area (Å²) in [5.41, 5.74) is -0.376. The van der Waals surface area contributed by atoms with Gasteiger partial charge in [-0.05, 0) is 63.2 Å². The maximum atomic E-state index is 12.5. The fourth-order valence-corrected chi connectivity index (χ4v) is 4.96. The third-order valence-electron chi connectivity index (χ3n) is 5.32. The summed E-state index contributed by atoms with van der Waals surface area (Å²) in [4.78, 5) is 35.2. The molecule has 0 atom stereocenters. The molecular formula is C16H23NO5. The molecule has 0 aromatic carbocycles. The second-order valence-corrected chi connectivity index (χ2v) is 7.04. The van der Waals surface area contributed by atoms with Gasteiger partial charge in [-0.2, -0.15) is 0 Å². The first-order valence-corrected chi connectivity index (χ1v) is 8.14. The Morgan fingerprint density at radius 1 is 1.00 bits per heavy atom. The molecule has 122 valence electrons. The molecule has 22 heavy (non-hydrogen) atoms. The van der Waals surface area contributed by atoms with Gasteiger partial charge in [-0.3, -0.25) is 14.9 Å². The predicted octanol–water partition coefficient (Wildman–Crippen LogP) is 2.02. The molecule has 6 nitrogen and oxygen atoms in total. The highest BCUT2D eigenvalue weighted by atomic mass is 16.6. The number of carbonyl (C=O) groups excluding carboxylic acids is 3. The second kappa shape index (κ2) is 5.89. The van der Waals surface area contributed by atoms with Crippen LogP contribution in [-0.2, 0) is 19.1 Å². The van der Waals surface area contributed by atoms with Crippen LogP contribution in [0.1, 0.15) is 45.4 Å². The molecular weight excluding hydrogens is 286 g/mol. The fraction of sp³-hybridized carbons (Fsp3) is 0.812. The molecule has 0 radical (unpaired) electrons. The highest BCUT2D eigenvalue weighted by molar-refractivity contribution is 5.93. The summed E-state index contributed by atoms with van der Waals surface area (Å²) in [6.45, 7) is 1.42. The smallest absolute Gasteiger partial charge is 0.413 e. The van der Waals surface area contributed by atoms with Crippen molar-refractivity contribution >= 4 is 18.0 Å². The first-order valence-electron chi connectivity index (χ1n) is 8.14. The zero-order chi connectivity index (χ0) is 15.7. The third-order valence-corrected chi connectivity index (χ3v) is 5.32. The van der Waals surface area contributed by atoms with Gasteiger partial charge in [0.15, 0.2) is 6.61 Å². The number of amides is 2. The number of imide groups is 1. The van der Waals surface area contributed by atoms with Gasteiger partial charge in [0.25, 0.3) is 5.91 Å². The van der Waals surface area contributed by atoms with E-state index in [1.165, 1.54) is 19.3 Å². The Morgan fingerprint density at radius 3 is 2.05 bits per heavy atom. The van der Waals surface area contributed by atoms with E-state index in [1.54, 1.807) is 6.92 Å². The van der Waals surface area contributed by atoms with Gasteiger partial charge in [0.2, 0.25) is 0 Å². The second-order valence-electron chi connectivity index (χ2n) is 7.04. The van der Waals surface area contributed by atoms with Gasteiger partial charge >= 0.3 is 12.1 Å². The Morgan fingerprint density at radius 2 is 1.55 bits per heavy atom. The zero-order valence-corrected chi connectivity index (χ0v) is 12.9. The lowest BCUT2D eigenvalue weighted by atomic mass is 9.49. The molecule has 4 aliphatic carbocycles. The molecule has 0 heterocycles. The Labute approximate surface area is 129 Å². The lowest BCUT2D eigenvalue weighted by Crippen LogP contribution is -2.51. The molecule has 4 rings (SSSR count). The van der Waals surface area contributed by atoms with Crippen molar-refractivity contribution in [2.45, 2.75) is 45.4 Å². The molecule has 4 fully saturated rings. The van der Waals surface area contributed by atoms with E-state index < -0.39 is 18.6 Å². The molecule has 0 aromatic heterocycles. The molecule has 0 aromatic rings. The van der Waals surface area contributed by atoms with Gasteiger partial charge in [0.05, 0.1) is 12.0 Å². The van der Waals surface area contributed by atoms with E-state index in [-0.39, 0.29) is 18.0 Å². The average Bonchev–Trinajstić information content (AvgIpc) is 2.43. The minimum Gasteiger partial charge on any atom is -0.455 e. The lowest BCUT2D eigenvalue weighted by Gasteiger charge is -2.55. The van der Waals surface area contributed by atoms with Crippen LogP contribution in [0.5, 0.6) is 0 Å². The number of carbonyl (C=O) groups is 3. The Balaban J connectivity index is 1.52. The quantitative estimate of drug-likeness (QED) is 0.803. The van der Waals surface area contributed by atoms with Gasteiger partial charge in [0.1, 0.15) is 0 Å². The summed E-state index contributed by atoms with van der Waals surface area (Å²) in [6.07, 6.45) is 5.63. The number of hydrogen-bond donors (Lipinski definition) is 1. The van der Waals surface area contributed by atoms with Crippen molar-refractivity contribution in [3.63, 3.8) is 0 Å². The van der Waals surface area contributed by atoms with Gasteiger partial charge in [-0.25, -0.2) is 4.79 Å². The summed E-state index contributed by atoms with van der Waals surface area (Å²) in [7, 11) is 0. The van der Waals surface area contributed by atoms with Crippen LogP contribution in [0.25, 0.3) is 0 Å². The average molecular weight is 309 g/mol. The van der Waals surface area contributed by atoms with Crippen molar-refractivity contribution in [2.24, 2.45) is 23.2 Å². The molecule has 0 aliphatic heterocycles. The van der Waals surface area contributed by atoms with Crippen LogP contribution in [0.15, 0.2) is 0 Å². The van der Waals surface area contributed by atoms with E-state index >= 15 is 0 Å². The Hall–Kier alpha value is -1.59. The molecule has 0 saturated heterocycles. The minimum absolute atomic E-state index is 0.187. The van der Waals surface area contributed by atoms with E-state index in [1.807, 2.05) is 5.32 Å². The van der Waals surface area contributed by atoms with Crippen molar-refractivity contribution in [3.05, 3.63) is 0 Å². The lowest BCUT2D eigenvalue weighted by molar-refractivity contribution is -0.173. The maximum absolute atomic E-state index is 12.5. The summed E-state index contributed by atoms with van der Waals surface area (Å²) >= 11 is 0. The normalized spacial score (nSPS) is 35.0. The summed E-state index contributed by atoms with van der Waals surface area (Å²) in [5, 5.41) is 2.03. The van der Waals surface area contributed by atoms with E-state index in [4.69, 9.17) is 4.74 Å². The monoisotopic (exact) mass is 309 g/mol. The molecule has 4 bridgehead atoms. The molecule has 6 heteroatoms. The van der Waals surface area contributed by atoms with Crippen LogP contribution in [0, 0.1) is 23.2 Å². The first-order chi connectivity index (χ1) is 10.5. The van der Waals surface area contributed by atoms with Crippen LogP contribution < -0.4 is 5.32 Å². The van der Waals surface area contributed by atoms with Crippen molar-refractivity contribution in [1.82, 2.24) is 5.32 Å². The fourth-order valence-electron chi connectivity index (χ4n) is 4.96. The molecule has 4 aliphatic rings. The minimum atomic E-state index is -0.807. The summed E-state index contributed by atoms with van der Waals surface area (Å²) in [5.74, 6) is 1.04. The van der Waals surface area contributed by atoms with Crippen molar-refractivity contribution in [3.8, 4) is 0 Å².